The Morgan fingerprint density at radius 2 is 2.04 bits per heavy atom. The predicted molar refractivity (Wildman–Crippen MR) is 99.6 cm³/mol. The van der Waals surface area contributed by atoms with Crippen LogP contribution in [-0.2, 0) is 4.79 Å². The molecule has 0 aromatic carbocycles. The number of hydrogen-bond acceptors (Lipinski definition) is 4. The van der Waals surface area contributed by atoms with Gasteiger partial charge in [0.25, 0.3) is 0 Å². The van der Waals surface area contributed by atoms with Crippen molar-refractivity contribution in [1.82, 2.24) is 10.3 Å². The molecule has 2 aliphatic carbocycles. The number of pyridine rings is 1. The highest BCUT2D eigenvalue weighted by Gasteiger charge is 2.48. The molecule has 3 N–H and O–H groups in total. The first kappa shape index (κ1) is 21.6. The van der Waals surface area contributed by atoms with E-state index in [1.165, 1.54) is 12.6 Å². The van der Waals surface area contributed by atoms with Gasteiger partial charge in [0.15, 0.2) is 0 Å². The average Bonchev–Trinajstić information content (AvgIpc) is 3.06. The van der Waals surface area contributed by atoms with E-state index in [0.717, 1.165) is 12.8 Å². The number of carbonyl (C=O) groups excluding carboxylic acids is 1. The van der Waals surface area contributed by atoms with Crippen molar-refractivity contribution in [2.75, 3.05) is 13.2 Å². The zero-order valence-electron chi connectivity index (χ0n) is 12.9. The van der Waals surface area contributed by atoms with Gasteiger partial charge < -0.3 is 15.8 Å². The van der Waals surface area contributed by atoms with Crippen molar-refractivity contribution < 1.29 is 9.53 Å². The van der Waals surface area contributed by atoms with Crippen LogP contribution in [0.4, 0.5) is 0 Å². The highest BCUT2D eigenvalue weighted by molar-refractivity contribution is 6.35. The van der Waals surface area contributed by atoms with Gasteiger partial charge in [0.05, 0.1) is 17.5 Å². The second-order valence-electron chi connectivity index (χ2n) is 6.02. The van der Waals surface area contributed by atoms with E-state index in [1.807, 2.05) is 0 Å². The Balaban J connectivity index is 0.00000144. The molecule has 1 amide bonds. The second kappa shape index (κ2) is 9.30. The van der Waals surface area contributed by atoms with Gasteiger partial charge in [0.1, 0.15) is 11.6 Å². The molecule has 2 saturated carbocycles. The maximum atomic E-state index is 12.3. The lowest BCUT2D eigenvalue weighted by Crippen LogP contribution is -2.46. The predicted octanol–water partition coefficient (Wildman–Crippen LogP) is 3.10. The van der Waals surface area contributed by atoms with E-state index in [-0.39, 0.29) is 42.7 Å². The van der Waals surface area contributed by atoms with Crippen LogP contribution in [0.5, 0.6) is 5.88 Å². The van der Waals surface area contributed by atoms with E-state index >= 15 is 0 Å². The van der Waals surface area contributed by atoms with Gasteiger partial charge in [-0.3, -0.25) is 4.79 Å². The molecular formula is C15H21Cl4N3O2. The average molecular weight is 417 g/mol. The van der Waals surface area contributed by atoms with Crippen molar-refractivity contribution in [2.24, 2.45) is 23.5 Å². The number of hydrogen-bond donors (Lipinski definition) is 2. The van der Waals surface area contributed by atoms with Gasteiger partial charge in [-0.05, 0) is 37.2 Å². The number of halogens is 4. The van der Waals surface area contributed by atoms with Crippen molar-refractivity contribution in [3.8, 4) is 5.88 Å². The first-order valence-electron chi connectivity index (χ1n) is 7.53. The minimum Gasteiger partial charge on any atom is -0.475 e. The summed E-state index contributed by atoms with van der Waals surface area (Å²) in [6.07, 6.45) is 4.85. The molecule has 2 aliphatic rings. The fraction of sp³-hybridized carbons (Fsp3) is 0.600. The summed E-state index contributed by atoms with van der Waals surface area (Å²) in [7, 11) is 0. The minimum atomic E-state index is -0.0454. The number of amides is 1. The van der Waals surface area contributed by atoms with Gasteiger partial charge in [-0.1, -0.05) is 23.2 Å². The highest BCUT2D eigenvalue weighted by Crippen LogP contribution is 2.47. The van der Waals surface area contributed by atoms with Crippen LogP contribution >= 0.6 is 48.0 Å². The molecule has 1 heterocycles. The van der Waals surface area contributed by atoms with Gasteiger partial charge in [-0.15, -0.1) is 24.8 Å². The zero-order chi connectivity index (χ0) is 15.7. The smallest absolute Gasteiger partial charge is 0.232 e. The van der Waals surface area contributed by atoms with Crippen molar-refractivity contribution >= 4 is 53.9 Å². The molecular weight excluding hydrogens is 396 g/mol. The van der Waals surface area contributed by atoms with Crippen LogP contribution in [0, 0.1) is 17.8 Å². The van der Waals surface area contributed by atoms with E-state index < -0.39 is 0 Å². The lowest BCUT2D eigenvalue weighted by Gasteiger charge is -2.26. The molecule has 2 bridgehead atoms. The molecule has 4 atom stereocenters. The summed E-state index contributed by atoms with van der Waals surface area (Å²) < 4.78 is 5.45. The third-order valence-corrected chi connectivity index (χ3v) is 5.17. The maximum absolute atomic E-state index is 12.3. The first-order chi connectivity index (χ1) is 10.6. The molecule has 3 rings (SSSR count). The van der Waals surface area contributed by atoms with Crippen LogP contribution < -0.4 is 15.8 Å². The SMILES string of the molecule is Cl.Cl.NC1C2CCC(C2)C1C(=O)NCCOc1ncc(Cl)cc1Cl. The molecule has 2 fully saturated rings. The van der Waals surface area contributed by atoms with Gasteiger partial charge in [0.2, 0.25) is 11.8 Å². The first-order valence-corrected chi connectivity index (χ1v) is 8.29. The normalized spacial score (nSPS) is 27.1. The number of ether oxygens (including phenoxy) is 1. The maximum Gasteiger partial charge on any atom is 0.232 e. The molecule has 1 aromatic heterocycles. The number of nitrogens with two attached hydrogens (primary N) is 1. The molecule has 24 heavy (non-hydrogen) atoms. The Morgan fingerprint density at radius 1 is 1.33 bits per heavy atom. The third-order valence-electron chi connectivity index (χ3n) is 4.70. The second-order valence-corrected chi connectivity index (χ2v) is 6.86. The Kier molecular flexibility index (Phi) is 8.36. The van der Waals surface area contributed by atoms with Gasteiger partial charge in [-0.2, -0.15) is 0 Å². The fourth-order valence-corrected chi connectivity index (χ4v) is 4.11. The van der Waals surface area contributed by atoms with Crippen LogP contribution in [-0.4, -0.2) is 30.1 Å². The third kappa shape index (κ3) is 4.58. The molecule has 0 saturated heterocycles. The lowest BCUT2D eigenvalue weighted by atomic mass is 9.84. The Hall–Kier alpha value is -0.460. The number of carbonyl (C=O) groups is 1. The molecule has 0 spiro atoms. The Bertz CT molecular complexity index is 574. The molecule has 5 nitrogen and oxygen atoms in total. The van der Waals surface area contributed by atoms with Crippen molar-refractivity contribution in [3.05, 3.63) is 22.3 Å². The topological polar surface area (TPSA) is 77.2 Å². The molecule has 9 heteroatoms. The van der Waals surface area contributed by atoms with E-state index in [0.29, 0.717) is 40.9 Å². The molecule has 0 aliphatic heterocycles. The van der Waals surface area contributed by atoms with Crippen LogP contribution in [0.15, 0.2) is 12.3 Å². The summed E-state index contributed by atoms with van der Waals surface area (Å²) in [4.78, 5) is 16.3. The minimum absolute atomic E-state index is 0. The van der Waals surface area contributed by atoms with Crippen LogP contribution in [0.2, 0.25) is 10.0 Å². The summed E-state index contributed by atoms with van der Waals surface area (Å²) in [5.74, 6) is 1.29. The van der Waals surface area contributed by atoms with Gasteiger partial charge in [0, 0.05) is 12.2 Å². The van der Waals surface area contributed by atoms with E-state index in [4.69, 9.17) is 33.7 Å². The van der Waals surface area contributed by atoms with Crippen molar-refractivity contribution in [2.45, 2.75) is 25.3 Å². The molecule has 4 unspecified atom stereocenters. The highest BCUT2D eigenvalue weighted by atomic mass is 35.5. The fourth-order valence-electron chi connectivity index (χ4n) is 3.67. The molecule has 136 valence electrons. The summed E-state index contributed by atoms with van der Waals surface area (Å²) in [5, 5.41) is 3.71. The number of fused-ring (bicyclic) bond motifs is 2. The molecule has 0 radical (unpaired) electrons. The summed E-state index contributed by atoms with van der Waals surface area (Å²) >= 11 is 11.7. The number of nitrogens with one attached hydrogen (secondary N) is 1. The van der Waals surface area contributed by atoms with Gasteiger partial charge >= 0.3 is 0 Å². The van der Waals surface area contributed by atoms with Crippen LogP contribution in [0.25, 0.3) is 0 Å². The summed E-state index contributed by atoms with van der Waals surface area (Å²) in [6, 6.07) is 1.57. The largest absolute Gasteiger partial charge is 0.475 e. The van der Waals surface area contributed by atoms with Crippen LogP contribution in [0.1, 0.15) is 19.3 Å². The van der Waals surface area contributed by atoms with Crippen LogP contribution in [0.3, 0.4) is 0 Å². The van der Waals surface area contributed by atoms with E-state index in [9.17, 15) is 4.79 Å². The number of aromatic nitrogens is 1. The Morgan fingerprint density at radius 3 is 2.67 bits per heavy atom. The monoisotopic (exact) mass is 415 g/mol. The Labute approximate surface area is 163 Å². The lowest BCUT2D eigenvalue weighted by molar-refractivity contribution is -0.127. The number of rotatable bonds is 5. The van der Waals surface area contributed by atoms with Crippen molar-refractivity contribution in [3.63, 3.8) is 0 Å². The van der Waals surface area contributed by atoms with Crippen molar-refractivity contribution in [1.29, 1.82) is 0 Å². The zero-order valence-corrected chi connectivity index (χ0v) is 16.1. The molecule has 1 aromatic rings. The van der Waals surface area contributed by atoms with Gasteiger partial charge in [-0.25, -0.2) is 4.98 Å². The quantitative estimate of drug-likeness (QED) is 0.723. The summed E-state index contributed by atoms with van der Waals surface area (Å²) in [6.45, 7) is 0.705. The number of nitrogens with zero attached hydrogens (tertiary/aromatic N) is 1. The van der Waals surface area contributed by atoms with E-state index in [1.54, 1.807) is 6.07 Å². The summed E-state index contributed by atoms with van der Waals surface area (Å²) in [5.41, 5.74) is 6.16. The standard InChI is InChI=1S/C15H19Cl2N3O2.2ClH/c16-10-6-11(17)15(20-7-10)22-4-3-19-14(21)12-8-1-2-9(5-8)13(12)18;;/h6-9,12-13H,1-5,18H2,(H,19,21);2*1H. The van der Waals surface area contributed by atoms with E-state index in [2.05, 4.69) is 10.3 Å².